The summed E-state index contributed by atoms with van der Waals surface area (Å²) < 4.78 is 17.9. The average Bonchev–Trinajstić information content (AvgIpc) is 2.56. The molecular formula is C16H16FN3O4. The average molecular weight is 333 g/mol. The maximum Gasteiger partial charge on any atom is 0.273 e. The lowest BCUT2D eigenvalue weighted by Gasteiger charge is -2.16. The highest BCUT2D eigenvalue weighted by molar-refractivity contribution is 5.97. The molecule has 2 N–H and O–H groups in total. The number of non-ortho nitro benzene ring substituents is 1. The maximum atomic E-state index is 12.9. The number of benzene rings is 2. The number of hydrogen-bond donors (Lipinski definition) is 2. The van der Waals surface area contributed by atoms with Gasteiger partial charge >= 0.3 is 0 Å². The number of nitrogens with zero attached hydrogens (tertiary/aromatic N) is 1. The number of rotatable bonds is 6. The van der Waals surface area contributed by atoms with Crippen LogP contribution in [-0.4, -0.2) is 24.0 Å². The zero-order valence-corrected chi connectivity index (χ0v) is 13.1. The molecule has 7 nitrogen and oxygen atoms in total. The molecule has 2 rings (SSSR count). The molecule has 8 heteroatoms. The highest BCUT2D eigenvalue weighted by Gasteiger charge is 2.17. The molecule has 0 aliphatic heterocycles. The maximum absolute atomic E-state index is 12.9. The Morgan fingerprint density at radius 2 is 1.92 bits per heavy atom. The van der Waals surface area contributed by atoms with E-state index in [1.807, 2.05) is 0 Å². The first-order valence-electron chi connectivity index (χ1n) is 7.06. The molecule has 0 radical (unpaired) electrons. The van der Waals surface area contributed by atoms with Gasteiger partial charge in [-0.3, -0.25) is 14.9 Å². The summed E-state index contributed by atoms with van der Waals surface area (Å²) in [5.41, 5.74) is 0.776. The fourth-order valence-corrected chi connectivity index (χ4v) is 2.00. The van der Waals surface area contributed by atoms with E-state index >= 15 is 0 Å². The number of carbonyl (C=O) groups is 1. The number of carbonyl (C=O) groups excluding carboxylic acids is 1. The number of nitrogens with one attached hydrogen (secondary N) is 2. The van der Waals surface area contributed by atoms with Crippen LogP contribution in [0.2, 0.25) is 0 Å². The van der Waals surface area contributed by atoms with Crippen molar-refractivity contribution in [3.05, 3.63) is 58.4 Å². The molecule has 1 amide bonds. The third-order valence-electron chi connectivity index (χ3n) is 3.27. The minimum atomic E-state index is -0.615. The summed E-state index contributed by atoms with van der Waals surface area (Å²) in [6.07, 6.45) is 0. The summed E-state index contributed by atoms with van der Waals surface area (Å²) in [6, 6.07) is 8.90. The molecule has 0 saturated carbocycles. The summed E-state index contributed by atoms with van der Waals surface area (Å²) >= 11 is 0. The SMILES string of the molecule is COc1cc([N+](=O)[O-])ccc1NC(=O)[C@@H](C)Nc1ccc(F)cc1. The van der Waals surface area contributed by atoms with Crippen molar-refractivity contribution in [2.24, 2.45) is 0 Å². The van der Waals surface area contributed by atoms with Crippen molar-refractivity contribution in [3.8, 4) is 5.75 Å². The van der Waals surface area contributed by atoms with E-state index in [9.17, 15) is 19.3 Å². The normalized spacial score (nSPS) is 11.5. The molecule has 1 atom stereocenters. The van der Waals surface area contributed by atoms with Crippen LogP contribution in [0.15, 0.2) is 42.5 Å². The smallest absolute Gasteiger partial charge is 0.273 e. The monoisotopic (exact) mass is 333 g/mol. The lowest BCUT2D eigenvalue weighted by atomic mass is 10.2. The van der Waals surface area contributed by atoms with Crippen LogP contribution >= 0.6 is 0 Å². The fraction of sp³-hybridized carbons (Fsp3) is 0.188. The minimum absolute atomic E-state index is 0.137. The highest BCUT2D eigenvalue weighted by atomic mass is 19.1. The van der Waals surface area contributed by atoms with Gasteiger partial charge in [-0.1, -0.05) is 0 Å². The van der Waals surface area contributed by atoms with Crippen molar-refractivity contribution >= 4 is 23.0 Å². The van der Waals surface area contributed by atoms with Crippen molar-refractivity contribution in [3.63, 3.8) is 0 Å². The number of anilines is 2. The minimum Gasteiger partial charge on any atom is -0.494 e. The summed E-state index contributed by atoms with van der Waals surface area (Å²) in [5, 5.41) is 16.3. The lowest BCUT2D eigenvalue weighted by molar-refractivity contribution is -0.384. The van der Waals surface area contributed by atoms with Gasteiger partial charge < -0.3 is 15.4 Å². The Morgan fingerprint density at radius 1 is 1.25 bits per heavy atom. The number of amides is 1. The third kappa shape index (κ3) is 4.19. The van der Waals surface area contributed by atoms with Gasteiger partial charge in [-0.25, -0.2) is 4.39 Å². The topological polar surface area (TPSA) is 93.5 Å². The van der Waals surface area contributed by atoms with Crippen LogP contribution in [0.4, 0.5) is 21.5 Å². The number of ether oxygens (including phenoxy) is 1. The Kier molecular flexibility index (Phi) is 5.31. The molecule has 126 valence electrons. The van der Waals surface area contributed by atoms with Crippen LogP contribution in [0.1, 0.15) is 6.92 Å². The quantitative estimate of drug-likeness (QED) is 0.625. The van der Waals surface area contributed by atoms with Gasteiger partial charge in [0.05, 0.1) is 23.8 Å². The number of hydrogen-bond acceptors (Lipinski definition) is 5. The van der Waals surface area contributed by atoms with E-state index in [0.717, 1.165) is 0 Å². The van der Waals surface area contributed by atoms with Crippen molar-refractivity contribution in [2.75, 3.05) is 17.7 Å². The van der Waals surface area contributed by atoms with Gasteiger partial charge in [0.25, 0.3) is 5.69 Å². The van der Waals surface area contributed by atoms with Crippen molar-refractivity contribution in [1.82, 2.24) is 0 Å². The molecule has 2 aromatic rings. The van der Waals surface area contributed by atoms with Gasteiger partial charge in [0, 0.05) is 11.8 Å². The number of methoxy groups -OCH3 is 1. The summed E-state index contributed by atoms with van der Waals surface area (Å²) in [4.78, 5) is 22.4. The van der Waals surface area contributed by atoms with Gasteiger partial charge in [0.2, 0.25) is 5.91 Å². The summed E-state index contributed by atoms with van der Waals surface area (Å²) in [5.74, 6) is -0.550. The van der Waals surface area contributed by atoms with Crippen LogP contribution in [0, 0.1) is 15.9 Å². The summed E-state index contributed by atoms with van der Waals surface area (Å²) in [6.45, 7) is 1.64. The number of halogens is 1. The second-order valence-electron chi connectivity index (χ2n) is 5.00. The van der Waals surface area contributed by atoms with E-state index < -0.39 is 11.0 Å². The Bertz CT molecular complexity index is 749. The number of nitro benzene ring substituents is 1. The predicted octanol–water partition coefficient (Wildman–Crippen LogP) is 3.18. The second-order valence-corrected chi connectivity index (χ2v) is 5.00. The number of nitro groups is 1. The van der Waals surface area contributed by atoms with Gasteiger partial charge in [-0.05, 0) is 37.3 Å². The van der Waals surface area contributed by atoms with Crippen LogP contribution in [0.3, 0.4) is 0 Å². The first-order valence-corrected chi connectivity index (χ1v) is 7.06. The fourth-order valence-electron chi connectivity index (χ4n) is 2.00. The van der Waals surface area contributed by atoms with Gasteiger partial charge in [-0.15, -0.1) is 0 Å². The van der Waals surface area contributed by atoms with Crippen LogP contribution < -0.4 is 15.4 Å². The highest BCUT2D eigenvalue weighted by Crippen LogP contribution is 2.29. The largest absolute Gasteiger partial charge is 0.494 e. The van der Waals surface area contributed by atoms with E-state index in [0.29, 0.717) is 11.4 Å². The molecule has 0 heterocycles. The Labute approximate surface area is 137 Å². The molecular weight excluding hydrogens is 317 g/mol. The predicted molar refractivity (Wildman–Crippen MR) is 87.8 cm³/mol. The molecule has 24 heavy (non-hydrogen) atoms. The lowest BCUT2D eigenvalue weighted by Crippen LogP contribution is -2.32. The van der Waals surface area contributed by atoms with Gasteiger partial charge in [0.1, 0.15) is 17.6 Å². The van der Waals surface area contributed by atoms with Crippen molar-refractivity contribution in [2.45, 2.75) is 13.0 Å². The Morgan fingerprint density at radius 3 is 2.50 bits per heavy atom. The standard InChI is InChI=1S/C16H16FN3O4/c1-10(18-12-5-3-11(17)4-6-12)16(21)19-14-8-7-13(20(22)23)9-15(14)24-2/h3-10,18H,1-2H3,(H,19,21)/t10-/m1/s1. The second kappa shape index (κ2) is 7.40. The van der Waals surface area contributed by atoms with Crippen LogP contribution in [0.25, 0.3) is 0 Å². The van der Waals surface area contributed by atoms with Gasteiger partial charge in [0.15, 0.2) is 0 Å². The van der Waals surface area contributed by atoms with E-state index in [1.54, 1.807) is 6.92 Å². The molecule has 0 aliphatic carbocycles. The first-order chi connectivity index (χ1) is 11.4. The van der Waals surface area contributed by atoms with Crippen molar-refractivity contribution in [1.29, 1.82) is 0 Å². The van der Waals surface area contributed by atoms with Crippen LogP contribution in [-0.2, 0) is 4.79 Å². The molecule has 2 aromatic carbocycles. The molecule has 0 fully saturated rings. The Hall–Kier alpha value is -3.16. The molecule has 0 spiro atoms. The van der Waals surface area contributed by atoms with E-state index in [4.69, 9.17) is 4.74 Å². The molecule has 0 aliphatic rings. The van der Waals surface area contributed by atoms with Crippen LogP contribution in [0.5, 0.6) is 5.75 Å². The Balaban J connectivity index is 2.08. The summed E-state index contributed by atoms with van der Waals surface area (Å²) in [7, 11) is 1.36. The molecule has 0 unspecified atom stereocenters. The zero-order valence-electron chi connectivity index (χ0n) is 13.1. The van der Waals surface area contributed by atoms with Crippen molar-refractivity contribution < 1.29 is 18.8 Å². The third-order valence-corrected chi connectivity index (χ3v) is 3.27. The van der Waals surface area contributed by atoms with Gasteiger partial charge in [-0.2, -0.15) is 0 Å². The van der Waals surface area contributed by atoms with E-state index in [1.165, 1.54) is 49.6 Å². The molecule has 0 saturated heterocycles. The van der Waals surface area contributed by atoms with E-state index in [-0.39, 0.29) is 23.2 Å². The molecule has 0 bridgehead atoms. The molecule has 0 aromatic heterocycles. The van der Waals surface area contributed by atoms with E-state index in [2.05, 4.69) is 10.6 Å². The first kappa shape index (κ1) is 17.2. The zero-order chi connectivity index (χ0) is 17.7.